The van der Waals surface area contributed by atoms with Crippen LogP contribution in [0.5, 0.6) is 0 Å². The van der Waals surface area contributed by atoms with Gasteiger partial charge in [0.1, 0.15) is 18.1 Å². The van der Waals surface area contributed by atoms with E-state index in [0.717, 1.165) is 19.4 Å². The number of methoxy groups -OCH3 is 1. The van der Waals surface area contributed by atoms with Crippen LogP contribution in [0.1, 0.15) is 67.2 Å². The molecule has 0 aromatic rings. The van der Waals surface area contributed by atoms with E-state index in [-0.39, 0.29) is 36.5 Å². The number of aliphatic hydroxyl groups is 1. The predicted molar refractivity (Wildman–Crippen MR) is 149 cm³/mol. The summed E-state index contributed by atoms with van der Waals surface area (Å²) >= 11 is 0. The first kappa shape index (κ1) is 32.4. The van der Waals surface area contributed by atoms with Gasteiger partial charge in [-0.2, -0.15) is 0 Å². The number of hydrogen-bond acceptors (Lipinski definition) is 9. The average molecular weight is 554 g/mol. The highest BCUT2D eigenvalue weighted by Crippen LogP contribution is 2.39. The second-order valence-corrected chi connectivity index (χ2v) is 13.4. The molecule has 3 fully saturated rings. The lowest BCUT2D eigenvalue weighted by Gasteiger charge is -2.47. The maximum atomic E-state index is 14.0. The molecule has 0 aromatic carbocycles. The summed E-state index contributed by atoms with van der Waals surface area (Å²) in [4.78, 5) is 31.6. The molecule has 1 saturated carbocycles. The van der Waals surface area contributed by atoms with E-state index in [0.29, 0.717) is 18.8 Å². The van der Waals surface area contributed by atoms with E-state index in [2.05, 4.69) is 25.3 Å². The SMILES string of the molecule is CO[C@]1(C)C[C@@H](C)CN(C)[C@H](C2C[CH]C2)COC(=O)C(C)(C)C(=O)[C@H](C)[C@H]1O[C@@H]1O[C@H](C)C[C@H](N(C)C)[C@H]1O. The van der Waals surface area contributed by atoms with Gasteiger partial charge in [0.25, 0.3) is 0 Å². The van der Waals surface area contributed by atoms with Gasteiger partial charge in [-0.25, -0.2) is 0 Å². The number of ether oxygens (including phenoxy) is 4. The zero-order chi connectivity index (χ0) is 29.3. The van der Waals surface area contributed by atoms with Crippen LogP contribution in [0.15, 0.2) is 0 Å². The Labute approximate surface area is 235 Å². The number of aliphatic hydroxyl groups excluding tert-OH is 1. The molecular weight excluding hydrogens is 500 g/mol. The van der Waals surface area contributed by atoms with Crippen LogP contribution in [-0.2, 0) is 28.5 Å². The summed E-state index contributed by atoms with van der Waals surface area (Å²) in [6.07, 6.45) is 2.77. The third-order valence-electron chi connectivity index (χ3n) is 9.41. The summed E-state index contributed by atoms with van der Waals surface area (Å²) in [5.41, 5.74) is -2.27. The van der Waals surface area contributed by atoms with E-state index in [1.165, 1.54) is 0 Å². The maximum Gasteiger partial charge on any atom is 0.319 e. The molecule has 0 bridgehead atoms. The first-order valence-corrected chi connectivity index (χ1v) is 14.6. The molecule has 3 rings (SSSR count). The third kappa shape index (κ3) is 7.04. The van der Waals surface area contributed by atoms with Crippen LogP contribution in [-0.4, -0.2) is 110 Å². The van der Waals surface area contributed by atoms with Crippen LogP contribution in [0, 0.1) is 29.6 Å². The van der Waals surface area contributed by atoms with Crippen LogP contribution in [0.3, 0.4) is 0 Å². The van der Waals surface area contributed by atoms with Crippen molar-refractivity contribution < 1.29 is 33.6 Å². The number of cyclic esters (lactones) is 1. The number of ketones is 1. The minimum atomic E-state index is -1.38. The van der Waals surface area contributed by atoms with E-state index in [9.17, 15) is 14.7 Å². The maximum absolute atomic E-state index is 14.0. The van der Waals surface area contributed by atoms with Gasteiger partial charge in [0.15, 0.2) is 12.1 Å². The highest BCUT2D eigenvalue weighted by Gasteiger charge is 2.51. The number of likely N-dealkylation sites (N-methyl/N-ethyl adjacent to an activating group) is 2. The van der Waals surface area contributed by atoms with Crippen molar-refractivity contribution >= 4 is 11.8 Å². The lowest BCUT2D eigenvalue weighted by molar-refractivity contribution is -0.295. The Morgan fingerprint density at radius 1 is 1.13 bits per heavy atom. The van der Waals surface area contributed by atoms with Crippen LogP contribution in [0.4, 0.5) is 0 Å². The molecule has 1 N–H and O–H groups in total. The van der Waals surface area contributed by atoms with Crippen molar-refractivity contribution in [3.05, 3.63) is 6.42 Å². The highest BCUT2D eigenvalue weighted by molar-refractivity contribution is 6.04. The fourth-order valence-corrected chi connectivity index (χ4v) is 6.73. The smallest absolute Gasteiger partial charge is 0.319 e. The summed E-state index contributed by atoms with van der Waals surface area (Å²) in [6, 6.07) is -0.0745. The lowest BCUT2D eigenvalue weighted by Crippen LogP contribution is -2.59. The lowest BCUT2D eigenvalue weighted by atomic mass is 9.74. The molecule has 1 aliphatic carbocycles. The van der Waals surface area contributed by atoms with Crippen molar-refractivity contribution in [3.8, 4) is 0 Å². The van der Waals surface area contributed by atoms with Gasteiger partial charge in [-0.15, -0.1) is 0 Å². The number of hydrogen-bond donors (Lipinski definition) is 1. The van der Waals surface area contributed by atoms with Gasteiger partial charge < -0.3 is 29.0 Å². The molecule has 9 atom stereocenters. The van der Waals surface area contributed by atoms with Crippen molar-refractivity contribution in [1.29, 1.82) is 0 Å². The Balaban J connectivity index is 1.99. The number of carbonyl (C=O) groups is 2. The van der Waals surface area contributed by atoms with Gasteiger partial charge in [0.05, 0.1) is 17.8 Å². The van der Waals surface area contributed by atoms with Crippen LogP contribution in [0.2, 0.25) is 0 Å². The molecule has 9 heteroatoms. The van der Waals surface area contributed by atoms with Gasteiger partial charge in [-0.3, -0.25) is 14.5 Å². The topological polar surface area (TPSA) is 97.8 Å². The number of rotatable bonds is 5. The van der Waals surface area contributed by atoms with E-state index in [1.54, 1.807) is 27.9 Å². The normalized spacial score (nSPS) is 41.7. The van der Waals surface area contributed by atoms with E-state index in [4.69, 9.17) is 18.9 Å². The summed E-state index contributed by atoms with van der Waals surface area (Å²) in [5.74, 6) is -0.918. The molecule has 2 aliphatic heterocycles. The number of Topliss-reactive ketones (excluding diaryl/α,β-unsaturated/α-hetero) is 1. The zero-order valence-corrected chi connectivity index (χ0v) is 25.8. The minimum absolute atomic E-state index is 0.0848. The summed E-state index contributed by atoms with van der Waals surface area (Å²) in [7, 11) is 7.57. The second-order valence-electron chi connectivity index (χ2n) is 13.4. The average Bonchev–Trinajstić information content (AvgIpc) is 2.83. The Kier molecular flexibility index (Phi) is 10.7. The Hall–Kier alpha value is -1.10. The first-order chi connectivity index (χ1) is 18.1. The number of nitrogens with zero attached hydrogens (tertiary/aromatic N) is 2. The van der Waals surface area contributed by atoms with Gasteiger partial charge in [0, 0.05) is 31.7 Å². The Morgan fingerprint density at radius 2 is 1.77 bits per heavy atom. The summed E-state index contributed by atoms with van der Waals surface area (Å²) in [5, 5.41) is 11.2. The fraction of sp³-hybridized carbons (Fsp3) is 0.900. The largest absolute Gasteiger partial charge is 0.463 e. The van der Waals surface area contributed by atoms with Gasteiger partial charge in [-0.1, -0.05) is 13.8 Å². The molecule has 2 heterocycles. The molecule has 2 saturated heterocycles. The zero-order valence-electron chi connectivity index (χ0n) is 25.8. The third-order valence-corrected chi connectivity index (χ3v) is 9.41. The van der Waals surface area contributed by atoms with Crippen molar-refractivity contribution in [3.63, 3.8) is 0 Å². The number of carbonyl (C=O) groups excluding carboxylic acids is 2. The van der Waals surface area contributed by atoms with Crippen molar-refractivity contribution in [2.45, 2.75) is 110 Å². The molecule has 3 aliphatic rings. The molecule has 9 nitrogen and oxygen atoms in total. The van der Waals surface area contributed by atoms with E-state index in [1.807, 2.05) is 32.8 Å². The Bertz CT molecular complexity index is 847. The van der Waals surface area contributed by atoms with E-state index < -0.39 is 41.4 Å². The standard InChI is InChI=1S/C30H53N2O7/c1-18-15-30(6,36-10)26(39-27-24(33)22(31(7)8)14-19(2)38-27)20(3)25(34)29(4,5)28(35)37-17-23(32(9)16-18)21-12-11-13-21/h11,18-24,26-27,33H,12-17H2,1-10H3/t18-,19-,20+,22+,23+,24-,26-,27+,30-/m1/s1. The first-order valence-electron chi connectivity index (χ1n) is 14.6. The molecule has 1 radical (unpaired) electrons. The van der Waals surface area contributed by atoms with Crippen molar-refractivity contribution in [2.24, 2.45) is 23.2 Å². The molecule has 0 aromatic heterocycles. The summed E-state index contributed by atoms with van der Waals surface area (Å²) < 4.78 is 24.7. The minimum Gasteiger partial charge on any atom is -0.463 e. The van der Waals surface area contributed by atoms with Gasteiger partial charge >= 0.3 is 5.97 Å². The highest BCUT2D eigenvalue weighted by atomic mass is 16.7. The second kappa shape index (κ2) is 12.8. The van der Waals surface area contributed by atoms with Gasteiger partial charge in [-0.05, 0) is 92.8 Å². The van der Waals surface area contributed by atoms with Crippen LogP contribution in [0.25, 0.3) is 0 Å². The Morgan fingerprint density at radius 3 is 2.31 bits per heavy atom. The van der Waals surface area contributed by atoms with E-state index >= 15 is 0 Å². The monoisotopic (exact) mass is 553 g/mol. The molecule has 0 unspecified atom stereocenters. The quantitative estimate of drug-likeness (QED) is 0.407. The fourth-order valence-electron chi connectivity index (χ4n) is 6.73. The van der Waals surface area contributed by atoms with Crippen molar-refractivity contribution in [1.82, 2.24) is 9.80 Å². The molecular formula is C30H53N2O7. The number of esters is 1. The van der Waals surface area contributed by atoms with Gasteiger partial charge in [0.2, 0.25) is 0 Å². The molecule has 0 amide bonds. The van der Waals surface area contributed by atoms with Crippen LogP contribution < -0.4 is 0 Å². The predicted octanol–water partition coefficient (Wildman–Crippen LogP) is 2.93. The molecule has 0 spiro atoms. The van der Waals surface area contributed by atoms with Crippen LogP contribution >= 0.6 is 0 Å². The molecule has 39 heavy (non-hydrogen) atoms. The molecule has 225 valence electrons. The summed E-state index contributed by atoms with van der Waals surface area (Å²) in [6.45, 7) is 12.2. The van der Waals surface area contributed by atoms with Crippen molar-refractivity contribution in [2.75, 3.05) is 41.4 Å².